The first kappa shape index (κ1) is 23.3. The number of aromatic amines is 1. The van der Waals surface area contributed by atoms with Gasteiger partial charge >= 0.3 is 0 Å². The number of hydrogen-bond acceptors (Lipinski definition) is 6. The molecule has 8 bridgehead atoms. The number of allylic oxidation sites excluding steroid dienone is 4. The Morgan fingerprint density at radius 1 is 0.923 bits per heavy atom. The summed E-state index contributed by atoms with van der Waals surface area (Å²) < 4.78 is 1.79. The Morgan fingerprint density at radius 2 is 1.74 bits per heavy atom. The van der Waals surface area contributed by atoms with Gasteiger partial charge in [0.2, 0.25) is 0 Å². The van der Waals surface area contributed by atoms with E-state index < -0.39 is 16.5 Å². The van der Waals surface area contributed by atoms with Crippen LogP contribution in [0.15, 0.2) is 107 Å². The van der Waals surface area contributed by atoms with Crippen LogP contribution >= 0.6 is 0 Å². The van der Waals surface area contributed by atoms with E-state index in [-0.39, 0.29) is 5.78 Å². The van der Waals surface area contributed by atoms with Crippen LogP contribution in [-0.2, 0) is 10.3 Å². The van der Waals surface area contributed by atoms with Crippen molar-refractivity contribution in [3.8, 4) is 5.69 Å². The first-order valence-electron chi connectivity index (χ1n) is 12.9. The Balaban J connectivity index is 1.45. The fourth-order valence-electron chi connectivity index (χ4n) is 5.64. The number of carbonyl (C=O) groups excluding carboxylic acids is 1. The summed E-state index contributed by atoms with van der Waals surface area (Å²) in [4.78, 5) is 31.5. The van der Waals surface area contributed by atoms with Gasteiger partial charge in [-0.15, -0.1) is 0 Å². The monoisotopic (exact) mass is 513 g/mol. The van der Waals surface area contributed by atoms with Crippen LogP contribution in [0.3, 0.4) is 0 Å². The molecule has 39 heavy (non-hydrogen) atoms. The molecule has 3 aromatic heterocycles. The van der Waals surface area contributed by atoms with Gasteiger partial charge in [-0.1, -0.05) is 0 Å². The summed E-state index contributed by atoms with van der Waals surface area (Å²) in [5.41, 5.74) is 2.38. The van der Waals surface area contributed by atoms with Crippen molar-refractivity contribution in [3.05, 3.63) is 113 Å². The maximum absolute atomic E-state index is 13.9. The number of ketones is 1. The molecule has 7 heterocycles. The van der Waals surface area contributed by atoms with Crippen molar-refractivity contribution in [1.82, 2.24) is 25.1 Å². The third kappa shape index (κ3) is 3.79. The topological polar surface area (TPSA) is 100 Å². The lowest BCUT2D eigenvalue weighted by atomic mass is 9.79. The second-order valence-corrected chi connectivity index (χ2v) is 11.0. The van der Waals surface area contributed by atoms with Gasteiger partial charge in [0.05, 0.1) is 40.6 Å². The van der Waals surface area contributed by atoms with Crippen LogP contribution in [0, 0.1) is 5.41 Å². The van der Waals surface area contributed by atoms with E-state index >= 15 is 0 Å². The molecule has 3 aromatic rings. The van der Waals surface area contributed by atoms with Crippen molar-refractivity contribution < 1.29 is 4.79 Å². The molecule has 2 unspecified atom stereocenters. The normalized spacial score (nSPS) is 26.3. The fraction of sp³-hybridized carbons (Fsp3) is 0.194. The van der Waals surface area contributed by atoms with Gasteiger partial charge in [0.25, 0.3) is 0 Å². The van der Waals surface area contributed by atoms with Gasteiger partial charge in [0.1, 0.15) is 11.1 Å². The minimum absolute atomic E-state index is 0.0756. The molecule has 0 aromatic carbocycles. The zero-order valence-corrected chi connectivity index (χ0v) is 21.9. The number of rotatable bonds is 2. The molecule has 0 aliphatic carbocycles. The molecule has 4 aliphatic heterocycles. The SMILES string of the molecule is CC12C=C3C=CC(=N3)C=c3ccc([nH]3)=CC3=NC(c4cnn(-c5cccnc5)c4)(C=C3)C=C(N1)C(C)(C)C2=O. The third-order valence-corrected chi connectivity index (χ3v) is 7.71. The molecule has 4 aliphatic rings. The fourth-order valence-corrected chi connectivity index (χ4v) is 5.64. The number of H-pyrrole nitrogens is 1. The van der Waals surface area contributed by atoms with E-state index in [2.05, 4.69) is 32.5 Å². The molecular weight excluding hydrogens is 486 g/mol. The van der Waals surface area contributed by atoms with Gasteiger partial charge in [-0.05, 0) is 93.6 Å². The van der Waals surface area contributed by atoms with E-state index in [1.807, 2.05) is 93.9 Å². The molecule has 0 amide bonds. The van der Waals surface area contributed by atoms with Crippen LogP contribution in [0.4, 0.5) is 0 Å². The molecular formula is C31H27N7O. The molecule has 8 nitrogen and oxygen atoms in total. The number of aliphatic imine (C=N–C) groups is 2. The smallest absolute Gasteiger partial charge is 0.173 e. The highest BCUT2D eigenvalue weighted by Crippen LogP contribution is 2.44. The lowest BCUT2D eigenvalue weighted by molar-refractivity contribution is -0.126. The molecule has 8 heteroatoms. The molecule has 192 valence electrons. The summed E-state index contributed by atoms with van der Waals surface area (Å²) in [5, 5.41) is 10.1. The second-order valence-electron chi connectivity index (χ2n) is 11.0. The van der Waals surface area contributed by atoms with Crippen molar-refractivity contribution in [2.75, 3.05) is 0 Å². The lowest BCUT2D eigenvalue weighted by Crippen LogP contribution is -2.41. The van der Waals surface area contributed by atoms with Gasteiger partial charge < -0.3 is 10.3 Å². The summed E-state index contributed by atoms with van der Waals surface area (Å²) in [6.07, 6.45) is 23.3. The summed E-state index contributed by atoms with van der Waals surface area (Å²) in [7, 11) is 0. The zero-order valence-electron chi connectivity index (χ0n) is 21.9. The van der Waals surface area contributed by atoms with Crippen molar-refractivity contribution in [3.63, 3.8) is 0 Å². The molecule has 1 fully saturated rings. The van der Waals surface area contributed by atoms with Gasteiger partial charge in [-0.2, -0.15) is 5.10 Å². The number of Topliss-reactive ketones (excluding diaryl/α,β-unsaturated/α-hetero) is 1. The average Bonchev–Trinajstić information content (AvgIpc) is 3.73. The van der Waals surface area contributed by atoms with Gasteiger partial charge in [0, 0.05) is 34.4 Å². The Bertz CT molecular complexity index is 1840. The number of carbonyl (C=O) groups is 1. The summed E-state index contributed by atoms with van der Waals surface area (Å²) >= 11 is 0. The second kappa shape index (κ2) is 8.07. The quantitative estimate of drug-likeness (QED) is 0.550. The largest absolute Gasteiger partial charge is 0.373 e. The van der Waals surface area contributed by atoms with Gasteiger partial charge in [0.15, 0.2) is 5.78 Å². The van der Waals surface area contributed by atoms with E-state index in [1.54, 1.807) is 17.1 Å². The zero-order chi connectivity index (χ0) is 26.8. The van der Waals surface area contributed by atoms with Crippen LogP contribution in [0.25, 0.3) is 17.8 Å². The number of nitrogens with one attached hydrogen (secondary N) is 2. The molecule has 0 spiro atoms. The molecule has 0 saturated carbocycles. The number of nitrogens with zero attached hydrogens (tertiary/aromatic N) is 5. The van der Waals surface area contributed by atoms with Crippen LogP contribution in [0.1, 0.15) is 26.3 Å². The van der Waals surface area contributed by atoms with Crippen LogP contribution < -0.4 is 16.0 Å². The van der Waals surface area contributed by atoms with Crippen LogP contribution in [0.2, 0.25) is 0 Å². The van der Waals surface area contributed by atoms with Crippen LogP contribution in [0.5, 0.6) is 0 Å². The molecule has 1 saturated heterocycles. The number of aromatic nitrogens is 4. The van der Waals surface area contributed by atoms with E-state index in [4.69, 9.17) is 9.98 Å². The Morgan fingerprint density at radius 3 is 2.54 bits per heavy atom. The van der Waals surface area contributed by atoms with E-state index in [0.29, 0.717) is 0 Å². The minimum atomic E-state index is -0.924. The predicted octanol–water partition coefficient (Wildman–Crippen LogP) is 2.81. The van der Waals surface area contributed by atoms with Crippen LogP contribution in [-0.4, -0.2) is 42.5 Å². The number of hydrogen-bond donors (Lipinski definition) is 2. The maximum atomic E-state index is 13.9. The van der Waals surface area contributed by atoms with Crippen molar-refractivity contribution in [2.24, 2.45) is 15.4 Å². The first-order chi connectivity index (χ1) is 18.7. The number of pyridine rings is 1. The van der Waals surface area contributed by atoms with Gasteiger partial charge in [-0.3, -0.25) is 14.8 Å². The Kier molecular flexibility index (Phi) is 4.82. The summed E-state index contributed by atoms with van der Waals surface area (Å²) in [6, 6.07) is 7.88. The van der Waals surface area contributed by atoms with E-state index in [1.165, 1.54) is 0 Å². The molecule has 2 N–H and O–H groups in total. The van der Waals surface area contributed by atoms with Crippen molar-refractivity contribution in [2.45, 2.75) is 31.8 Å². The third-order valence-electron chi connectivity index (χ3n) is 7.71. The number of fused-ring (bicyclic) bond motifs is 6. The Labute approximate surface area is 225 Å². The van der Waals surface area contributed by atoms with Crippen molar-refractivity contribution >= 4 is 29.4 Å². The Hall–Kier alpha value is -4.85. The standard InChI is InChI=1S/C31H27N7O/c1-29(2)27-16-31(20-17-33-38(19-20)26-5-4-12-32-18-26)11-10-24(36-31)14-23-7-6-21(34-23)13-22-8-9-25(35-22)15-30(3,37-27)28(29)39/h4-19,34,37H,1-3H3. The first-order valence-corrected chi connectivity index (χ1v) is 12.9. The maximum Gasteiger partial charge on any atom is 0.173 e. The highest BCUT2D eigenvalue weighted by molar-refractivity contribution is 6.20. The van der Waals surface area contributed by atoms with Crippen molar-refractivity contribution in [1.29, 1.82) is 0 Å². The lowest BCUT2D eigenvalue weighted by Gasteiger charge is -2.24. The minimum Gasteiger partial charge on any atom is -0.373 e. The predicted molar refractivity (Wildman–Crippen MR) is 152 cm³/mol. The highest BCUT2D eigenvalue weighted by Gasteiger charge is 2.52. The molecule has 0 radical (unpaired) electrons. The summed E-state index contributed by atoms with van der Waals surface area (Å²) in [6.45, 7) is 5.83. The molecule has 7 rings (SSSR count). The van der Waals surface area contributed by atoms with E-state index in [9.17, 15) is 4.79 Å². The molecule has 2 atom stereocenters. The average molecular weight is 514 g/mol. The highest BCUT2D eigenvalue weighted by atomic mass is 16.1. The van der Waals surface area contributed by atoms with Gasteiger partial charge in [-0.25, -0.2) is 9.67 Å². The van der Waals surface area contributed by atoms with E-state index in [0.717, 1.165) is 44.8 Å². The summed E-state index contributed by atoms with van der Waals surface area (Å²) in [5.74, 6) is 0.0756.